The molecule has 0 radical (unpaired) electrons. The van der Waals surface area contributed by atoms with Gasteiger partial charge in [0.15, 0.2) is 0 Å². The predicted molar refractivity (Wildman–Crippen MR) is 234 cm³/mol. The van der Waals surface area contributed by atoms with E-state index in [4.69, 9.17) is 0 Å². The molecule has 0 N–H and O–H groups in total. The van der Waals surface area contributed by atoms with E-state index in [-0.39, 0.29) is 0 Å². The number of hydrogen-bond donors (Lipinski definition) is 0. The van der Waals surface area contributed by atoms with Crippen LogP contribution in [0.15, 0.2) is 188 Å². The first-order chi connectivity index (χ1) is 26.9. The van der Waals surface area contributed by atoms with Crippen LogP contribution < -0.4 is 0 Å². The second-order valence-electron chi connectivity index (χ2n) is 16.6. The molecule has 2 unspecified atom stereocenters. The van der Waals surface area contributed by atoms with E-state index in [1.165, 1.54) is 38.9 Å². The van der Waals surface area contributed by atoms with E-state index in [0.29, 0.717) is 7.35 Å². The Hall–Kier alpha value is -4.89. The van der Waals surface area contributed by atoms with Crippen molar-refractivity contribution in [3.63, 3.8) is 0 Å². The number of rotatable bonds is 7. The number of aryl methyl sites for hydroxylation is 1. The molecule has 0 amide bonds. The van der Waals surface area contributed by atoms with E-state index in [9.17, 15) is 0 Å². The van der Waals surface area contributed by atoms with E-state index in [1.807, 2.05) is 0 Å². The van der Waals surface area contributed by atoms with Gasteiger partial charge in [0, 0.05) is 0 Å². The van der Waals surface area contributed by atoms with Crippen LogP contribution in [0.1, 0.15) is 46.3 Å². The summed E-state index contributed by atoms with van der Waals surface area (Å²) in [5.41, 5.74) is 19.1. The van der Waals surface area contributed by atoms with Crippen LogP contribution in [0.25, 0.3) is 43.8 Å². The Morgan fingerprint density at radius 2 is 0.745 bits per heavy atom. The molecule has 266 valence electrons. The van der Waals surface area contributed by atoms with Crippen LogP contribution in [0.5, 0.6) is 0 Å². The summed E-state index contributed by atoms with van der Waals surface area (Å²) >= 11 is -3.51. The van der Waals surface area contributed by atoms with Crippen molar-refractivity contribution in [2.45, 2.75) is 35.7 Å². The SMILES string of the molecule is C[Si]1(CCc2ccccc2)C2=C(c3ccc(-c4ccccc4)cc3)[CH](c3ccccc32)[Hf]([CH3])([CH3])[CH]2C(c3ccc(-c4ccccc4)cc3)=C1c1ccccc12. The van der Waals surface area contributed by atoms with Crippen LogP contribution in [0, 0.1) is 0 Å². The molecule has 0 spiro atoms. The zero-order valence-corrected chi connectivity index (χ0v) is 36.6. The molecule has 0 saturated carbocycles. The topological polar surface area (TPSA) is 0 Å². The Morgan fingerprint density at radius 3 is 1.18 bits per heavy atom. The summed E-state index contributed by atoms with van der Waals surface area (Å²) < 4.78 is 6.52. The molecule has 4 bridgehead atoms. The summed E-state index contributed by atoms with van der Waals surface area (Å²) in [6.45, 7) is 2.75. The van der Waals surface area contributed by atoms with Gasteiger partial charge in [-0.1, -0.05) is 0 Å². The van der Waals surface area contributed by atoms with Crippen LogP contribution in [-0.4, -0.2) is 8.07 Å². The maximum atomic E-state index is 2.80. The molecule has 0 saturated heterocycles. The molecule has 2 atom stereocenters. The normalized spacial score (nSPS) is 20.5. The van der Waals surface area contributed by atoms with Crippen LogP contribution in [0.2, 0.25) is 22.0 Å². The van der Waals surface area contributed by atoms with Gasteiger partial charge in [0.05, 0.1) is 0 Å². The number of allylic oxidation sites excluding steroid dienone is 2. The summed E-state index contributed by atoms with van der Waals surface area (Å²) in [5.74, 6) is 0. The van der Waals surface area contributed by atoms with Crippen LogP contribution >= 0.6 is 0 Å². The van der Waals surface area contributed by atoms with Crippen molar-refractivity contribution in [3.05, 3.63) is 227 Å². The molecule has 55 heavy (non-hydrogen) atoms. The van der Waals surface area contributed by atoms with E-state index in [1.54, 1.807) is 43.8 Å². The fourth-order valence-corrected chi connectivity index (χ4v) is 33.1. The summed E-state index contributed by atoms with van der Waals surface area (Å²) in [5, 5.41) is 3.40. The van der Waals surface area contributed by atoms with E-state index in [2.05, 4.69) is 204 Å². The van der Waals surface area contributed by atoms with Gasteiger partial charge in [-0.05, 0) is 0 Å². The second kappa shape index (κ2) is 13.7. The van der Waals surface area contributed by atoms with E-state index < -0.39 is 28.0 Å². The van der Waals surface area contributed by atoms with Gasteiger partial charge < -0.3 is 0 Å². The van der Waals surface area contributed by atoms with Crippen molar-refractivity contribution < 1.29 is 20.0 Å². The number of benzene rings is 7. The monoisotopic (exact) mass is 890 g/mol. The molecule has 1 aliphatic heterocycles. The quantitative estimate of drug-likeness (QED) is 0.140. The van der Waals surface area contributed by atoms with Crippen molar-refractivity contribution in [2.75, 3.05) is 0 Å². The minimum atomic E-state index is -3.51. The molecule has 1 heterocycles. The average molecular weight is 890 g/mol. The van der Waals surface area contributed by atoms with E-state index >= 15 is 0 Å². The summed E-state index contributed by atoms with van der Waals surface area (Å²) in [6.07, 6.45) is 1.07. The summed E-state index contributed by atoms with van der Waals surface area (Å²) in [7, 11) is -2.49. The van der Waals surface area contributed by atoms with Gasteiger partial charge in [0.25, 0.3) is 0 Å². The average Bonchev–Trinajstić information content (AvgIpc) is 3.81. The molecule has 0 aromatic heterocycles. The van der Waals surface area contributed by atoms with Crippen molar-refractivity contribution in [1.29, 1.82) is 0 Å². The molecular weight excluding hydrogens is 843 g/mol. The molecular formula is C53H46HfSi. The second-order valence-corrected chi connectivity index (χ2v) is 38.0. The van der Waals surface area contributed by atoms with Gasteiger partial charge >= 0.3 is 335 Å². The van der Waals surface area contributed by atoms with Crippen LogP contribution in [0.4, 0.5) is 0 Å². The molecule has 3 aliphatic rings. The van der Waals surface area contributed by atoms with Gasteiger partial charge in [0.1, 0.15) is 0 Å². The molecule has 0 nitrogen and oxygen atoms in total. The van der Waals surface area contributed by atoms with Gasteiger partial charge in [-0.3, -0.25) is 0 Å². The van der Waals surface area contributed by atoms with Gasteiger partial charge in [-0.2, -0.15) is 0 Å². The van der Waals surface area contributed by atoms with Crippen molar-refractivity contribution >= 4 is 29.6 Å². The first kappa shape index (κ1) is 34.6. The van der Waals surface area contributed by atoms with Gasteiger partial charge in [-0.15, -0.1) is 0 Å². The Morgan fingerprint density at radius 1 is 0.400 bits per heavy atom. The minimum absolute atomic E-state index is 0.459. The number of hydrogen-bond acceptors (Lipinski definition) is 0. The molecule has 2 aliphatic carbocycles. The molecule has 7 aromatic carbocycles. The van der Waals surface area contributed by atoms with E-state index in [0.717, 1.165) is 12.5 Å². The van der Waals surface area contributed by atoms with Gasteiger partial charge in [-0.25, -0.2) is 0 Å². The molecule has 0 fully saturated rings. The Bertz CT molecular complexity index is 2440. The maximum absolute atomic E-state index is 3.51. The van der Waals surface area contributed by atoms with Crippen LogP contribution in [-0.2, 0) is 26.4 Å². The first-order valence-corrected chi connectivity index (χ1v) is 34.0. The van der Waals surface area contributed by atoms with Gasteiger partial charge in [0.2, 0.25) is 0 Å². The fraction of sp³-hybridized carbons (Fsp3) is 0.132. The van der Waals surface area contributed by atoms with Crippen molar-refractivity contribution in [2.24, 2.45) is 0 Å². The molecule has 7 aromatic rings. The summed E-state index contributed by atoms with van der Waals surface area (Å²) in [6, 6.07) is 72.9. The van der Waals surface area contributed by atoms with Crippen molar-refractivity contribution in [3.8, 4) is 22.3 Å². The third-order valence-corrected chi connectivity index (χ3v) is 32.7. The third kappa shape index (κ3) is 5.63. The molecule has 2 heteroatoms. The summed E-state index contributed by atoms with van der Waals surface area (Å²) in [4.78, 5) is 0. The first-order valence-electron chi connectivity index (χ1n) is 20.0. The van der Waals surface area contributed by atoms with Crippen LogP contribution in [0.3, 0.4) is 0 Å². The number of fused-ring (bicyclic) bond motifs is 8. The zero-order valence-electron chi connectivity index (χ0n) is 32.0. The zero-order chi connectivity index (χ0) is 37.1. The van der Waals surface area contributed by atoms with Crippen molar-refractivity contribution in [1.82, 2.24) is 0 Å². The molecule has 10 rings (SSSR count). The standard InChI is InChI=1S/C51H40Si.2CH3.Hf/c1-52(34-33-37-15-5-2-6-16-37,50-46-23-13-11-21-44(46)35-48(50)42-29-25-40(26-30-42)38-17-7-3-8-18-38)51-47-24-14-12-22-45(47)36-49(51)43-31-27-41(28-32-43)39-19-9-4-10-20-39;;;/h2-32,35-36H,33-34H2,1H3;2*1H3;. The third-order valence-electron chi connectivity index (χ3n) is 13.2. The predicted octanol–water partition coefficient (Wildman–Crippen LogP) is 14.3. The Labute approximate surface area is 332 Å². The fourth-order valence-electron chi connectivity index (χ4n) is 10.7. The Kier molecular flexibility index (Phi) is 8.61. The Balaban J connectivity index is 1.26.